The van der Waals surface area contributed by atoms with E-state index in [2.05, 4.69) is 25.0 Å². The normalized spacial score (nSPS) is 17.8. The van der Waals surface area contributed by atoms with Gasteiger partial charge in [0.1, 0.15) is 11.9 Å². The molecule has 1 aromatic carbocycles. The van der Waals surface area contributed by atoms with E-state index >= 15 is 0 Å². The van der Waals surface area contributed by atoms with Gasteiger partial charge in [0.25, 0.3) is 0 Å². The van der Waals surface area contributed by atoms with Crippen LogP contribution in [0.15, 0.2) is 41.7 Å². The van der Waals surface area contributed by atoms with E-state index in [0.717, 1.165) is 30.2 Å². The maximum Gasteiger partial charge on any atom is 0.387 e. The second kappa shape index (κ2) is 9.50. The number of hydrogen-bond donors (Lipinski definition) is 1. The van der Waals surface area contributed by atoms with E-state index in [1.807, 2.05) is 32.4 Å². The van der Waals surface area contributed by atoms with Gasteiger partial charge in [-0.15, -0.1) is 0 Å². The quantitative estimate of drug-likeness (QED) is 0.604. The van der Waals surface area contributed by atoms with Crippen molar-refractivity contribution in [2.45, 2.75) is 26.2 Å². The third-order valence-electron chi connectivity index (χ3n) is 4.33. The summed E-state index contributed by atoms with van der Waals surface area (Å²) >= 11 is 0. The lowest BCUT2D eigenvalue weighted by molar-refractivity contribution is -0.0498. The summed E-state index contributed by atoms with van der Waals surface area (Å²) < 4.78 is 36.9. The molecule has 3 rings (SSSR count). The van der Waals surface area contributed by atoms with E-state index < -0.39 is 6.61 Å². The van der Waals surface area contributed by atoms with Crippen molar-refractivity contribution in [1.82, 2.24) is 20.0 Å². The van der Waals surface area contributed by atoms with E-state index in [-0.39, 0.29) is 11.9 Å². The van der Waals surface area contributed by atoms with Gasteiger partial charge in [0.05, 0.1) is 25.9 Å². The lowest BCUT2D eigenvalue weighted by Crippen LogP contribution is -2.48. The molecule has 1 atom stereocenters. The zero-order chi connectivity index (χ0) is 19.9. The number of aliphatic imine (C=N–C) groups is 1. The molecular formula is C19H25F2N5O2. The molecule has 0 aliphatic carbocycles. The van der Waals surface area contributed by atoms with Crippen molar-refractivity contribution in [3.05, 3.63) is 47.8 Å². The number of aryl methyl sites for hydroxylation is 1. The SMILES string of the molecule is CCNC(=NCc1cccc(OC(F)F)c1)N1CCOC(c2cnn(C)c2)C1. The number of guanidine groups is 1. The van der Waals surface area contributed by atoms with E-state index in [1.54, 1.807) is 16.8 Å². The Morgan fingerprint density at radius 1 is 1.46 bits per heavy atom. The summed E-state index contributed by atoms with van der Waals surface area (Å²) in [6.45, 7) is 2.21. The molecule has 7 nitrogen and oxygen atoms in total. The number of morpholine rings is 1. The minimum absolute atomic E-state index is 0.0749. The summed E-state index contributed by atoms with van der Waals surface area (Å²) in [5.74, 6) is 0.899. The van der Waals surface area contributed by atoms with Crippen molar-refractivity contribution >= 4 is 5.96 Å². The standard InChI is InChI=1S/C19H25F2N5O2/c1-3-22-19(23-10-14-5-4-6-16(9-14)28-18(20)21)26-7-8-27-17(13-26)15-11-24-25(2)12-15/h4-6,9,11-12,17-18H,3,7-8,10,13H2,1-2H3,(H,22,23). The molecule has 0 amide bonds. The Balaban J connectivity index is 1.69. The summed E-state index contributed by atoms with van der Waals surface area (Å²) in [6.07, 6.45) is 3.69. The second-order valence-corrected chi connectivity index (χ2v) is 6.45. The Hall–Kier alpha value is -2.68. The zero-order valence-electron chi connectivity index (χ0n) is 16.0. The minimum Gasteiger partial charge on any atom is -0.435 e. The molecule has 1 saturated heterocycles. The number of ether oxygens (including phenoxy) is 2. The molecule has 1 fully saturated rings. The third-order valence-corrected chi connectivity index (χ3v) is 4.33. The van der Waals surface area contributed by atoms with Gasteiger partial charge in [-0.05, 0) is 24.6 Å². The van der Waals surface area contributed by atoms with Gasteiger partial charge in [-0.1, -0.05) is 12.1 Å². The van der Waals surface area contributed by atoms with Crippen LogP contribution in [0.1, 0.15) is 24.2 Å². The predicted molar refractivity (Wildman–Crippen MR) is 101 cm³/mol. The van der Waals surface area contributed by atoms with Crippen molar-refractivity contribution in [3.8, 4) is 5.75 Å². The van der Waals surface area contributed by atoms with Gasteiger partial charge in [0.15, 0.2) is 5.96 Å². The minimum atomic E-state index is -2.84. The summed E-state index contributed by atoms with van der Waals surface area (Å²) in [4.78, 5) is 6.82. The first kappa shape index (κ1) is 20.1. The maximum atomic E-state index is 12.4. The van der Waals surface area contributed by atoms with Crippen LogP contribution in [0, 0.1) is 0 Å². The van der Waals surface area contributed by atoms with Gasteiger partial charge in [-0.2, -0.15) is 13.9 Å². The number of nitrogens with zero attached hydrogens (tertiary/aromatic N) is 4. The maximum absolute atomic E-state index is 12.4. The number of benzene rings is 1. The molecule has 1 N–H and O–H groups in total. The van der Waals surface area contributed by atoms with Crippen LogP contribution >= 0.6 is 0 Å². The molecule has 0 spiro atoms. The fourth-order valence-electron chi connectivity index (χ4n) is 3.06. The Morgan fingerprint density at radius 3 is 3.04 bits per heavy atom. The van der Waals surface area contributed by atoms with Crippen LogP contribution in [0.5, 0.6) is 5.75 Å². The highest BCUT2D eigenvalue weighted by Gasteiger charge is 2.25. The number of aromatic nitrogens is 2. The van der Waals surface area contributed by atoms with Crippen LogP contribution < -0.4 is 10.1 Å². The fraction of sp³-hybridized carbons (Fsp3) is 0.474. The Kier molecular flexibility index (Phi) is 6.80. The first-order valence-corrected chi connectivity index (χ1v) is 9.22. The van der Waals surface area contributed by atoms with Gasteiger partial charge in [-0.3, -0.25) is 4.68 Å². The van der Waals surface area contributed by atoms with Crippen LogP contribution in [-0.4, -0.2) is 53.5 Å². The Morgan fingerprint density at radius 2 is 2.32 bits per heavy atom. The summed E-state index contributed by atoms with van der Waals surface area (Å²) in [7, 11) is 1.88. The average molecular weight is 393 g/mol. The molecule has 1 aliphatic heterocycles. The van der Waals surface area contributed by atoms with E-state index in [0.29, 0.717) is 19.7 Å². The first-order valence-electron chi connectivity index (χ1n) is 9.22. The molecule has 2 heterocycles. The third kappa shape index (κ3) is 5.41. The topological polar surface area (TPSA) is 63.9 Å². The highest BCUT2D eigenvalue weighted by atomic mass is 19.3. The summed E-state index contributed by atoms with van der Waals surface area (Å²) in [5.41, 5.74) is 1.82. The van der Waals surface area contributed by atoms with Crippen LogP contribution in [0.25, 0.3) is 0 Å². The van der Waals surface area contributed by atoms with Crippen molar-refractivity contribution < 1.29 is 18.3 Å². The predicted octanol–water partition coefficient (Wildman–Crippen LogP) is 2.56. The van der Waals surface area contributed by atoms with Crippen LogP contribution in [-0.2, 0) is 18.3 Å². The van der Waals surface area contributed by atoms with Crippen molar-refractivity contribution in [2.24, 2.45) is 12.0 Å². The molecular weight excluding hydrogens is 368 g/mol. The molecule has 152 valence electrons. The van der Waals surface area contributed by atoms with Crippen molar-refractivity contribution in [3.63, 3.8) is 0 Å². The second-order valence-electron chi connectivity index (χ2n) is 6.45. The summed E-state index contributed by atoms with van der Waals surface area (Å²) in [5, 5.41) is 7.50. The number of rotatable bonds is 6. The van der Waals surface area contributed by atoms with E-state index in [9.17, 15) is 8.78 Å². The molecule has 9 heteroatoms. The summed E-state index contributed by atoms with van der Waals surface area (Å²) in [6, 6.07) is 6.60. The Bertz CT molecular complexity index is 796. The number of nitrogens with one attached hydrogen (secondary N) is 1. The highest BCUT2D eigenvalue weighted by molar-refractivity contribution is 5.80. The van der Waals surface area contributed by atoms with Gasteiger partial charge in [0, 0.05) is 31.9 Å². The first-order chi connectivity index (χ1) is 13.5. The molecule has 1 unspecified atom stereocenters. The molecule has 2 aromatic rings. The van der Waals surface area contributed by atoms with Gasteiger partial charge >= 0.3 is 6.61 Å². The highest BCUT2D eigenvalue weighted by Crippen LogP contribution is 2.22. The van der Waals surface area contributed by atoms with Crippen LogP contribution in [0.3, 0.4) is 0 Å². The molecule has 0 radical (unpaired) electrons. The van der Waals surface area contributed by atoms with Gasteiger partial charge in [0.2, 0.25) is 0 Å². The number of alkyl halides is 2. The number of hydrogen-bond acceptors (Lipinski definition) is 4. The molecule has 0 saturated carbocycles. The number of halogens is 2. The monoisotopic (exact) mass is 393 g/mol. The lowest BCUT2D eigenvalue weighted by Gasteiger charge is -2.34. The van der Waals surface area contributed by atoms with Gasteiger partial charge in [-0.25, -0.2) is 4.99 Å². The zero-order valence-corrected chi connectivity index (χ0v) is 16.0. The van der Waals surface area contributed by atoms with E-state index in [1.165, 1.54) is 6.07 Å². The average Bonchev–Trinajstić information content (AvgIpc) is 3.11. The molecule has 1 aromatic heterocycles. The van der Waals surface area contributed by atoms with E-state index in [4.69, 9.17) is 4.74 Å². The van der Waals surface area contributed by atoms with Crippen LogP contribution in [0.2, 0.25) is 0 Å². The molecule has 0 bridgehead atoms. The Labute approximate surface area is 163 Å². The fourth-order valence-corrected chi connectivity index (χ4v) is 3.06. The van der Waals surface area contributed by atoms with Crippen molar-refractivity contribution in [1.29, 1.82) is 0 Å². The van der Waals surface area contributed by atoms with Gasteiger partial charge < -0.3 is 19.7 Å². The molecule has 1 aliphatic rings. The van der Waals surface area contributed by atoms with Crippen LogP contribution in [0.4, 0.5) is 8.78 Å². The lowest BCUT2D eigenvalue weighted by atomic mass is 10.1. The molecule has 28 heavy (non-hydrogen) atoms. The largest absolute Gasteiger partial charge is 0.435 e. The smallest absolute Gasteiger partial charge is 0.387 e. The van der Waals surface area contributed by atoms with Crippen molar-refractivity contribution in [2.75, 3.05) is 26.2 Å².